The van der Waals surface area contributed by atoms with Gasteiger partial charge in [0.05, 0.1) is 25.6 Å². The van der Waals surface area contributed by atoms with E-state index in [1.165, 1.54) is 17.2 Å². The average molecular weight is 482 g/mol. The molecule has 0 aliphatic carbocycles. The molecule has 7 N–H and O–H groups in total. The quantitative estimate of drug-likeness (QED) is 0.214. The Balaban J connectivity index is 1.61. The third-order valence-electron chi connectivity index (χ3n) is 4.31. The van der Waals surface area contributed by atoms with Crippen LogP contribution in [-0.4, -0.2) is 77.0 Å². The van der Waals surface area contributed by atoms with Crippen molar-refractivity contribution in [1.29, 1.82) is 0 Å². The summed E-state index contributed by atoms with van der Waals surface area (Å²) in [5.41, 5.74) is 6.45. The molecule has 172 valence electrons. The van der Waals surface area contributed by atoms with Gasteiger partial charge in [0.2, 0.25) is 0 Å². The van der Waals surface area contributed by atoms with Crippen molar-refractivity contribution in [3.05, 3.63) is 12.7 Å². The zero-order chi connectivity index (χ0) is 22.8. The van der Waals surface area contributed by atoms with Crippen molar-refractivity contribution in [2.45, 2.75) is 30.9 Å². The van der Waals surface area contributed by atoms with E-state index < -0.39 is 59.7 Å². The maximum absolute atomic E-state index is 12.1. The van der Waals surface area contributed by atoms with E-state index >= 15 is 0 Å². The molecular formula is C13H20N6O10P2. The largest absolute Gasteiger partial charge is 0.480 e. The number of nitrogens with one attached hydrogen (secondary N) is 1. The molecule has 2 aromatic rings. The highest BCUT2D eigenvalue weighted by Gasteiger charge is 2.38. The van der Waals surface area contributed by atoms with Crippen molar-refractivity contribution >= 4 is 39.0 Å². The molecule has 0 amide bonds. The Bertz CT molecular complexity index is 1020. The SMILES string of the molecule is Nc1ncnc2c1ncn2[C@H]1CC(O)[C@@H](COP(=O)(O)N[C@@H](CO[PH](=O)O)C(=O)O)O1. The lowest BCUT2D eigenvalue weighted by Gasteiger charge is -2.21. The topological polar surface area (TPSA) is 241 Å². The molecule has 31 heavy (non-hydrogen) atoms. The van der Waals surface area contributed by atoms with Gasteiger partial charge in [0.1, 0.15) is 30.2 Å². The predicted octanol–water partition coefficient (Wildman–Crippen LogP) is -1.38. The molecule has 3 rings (SSSR count). The summed E-state index contributed by atoms with van der Waals surface area (Å²) in [5, 5.41) is 21.1. The van der Waals surface area contributed by atoms with Crippen LogP contribution in [0.1, 0.15) is 12.6 Å². The molecule has 0 aromatic carbocycles. The lowest BCUT2D eigenvalue weighted by atomic mass is 10.2. The summed E-state index contributed by atoms with van der Waals surface area (Å²) in [5.74, 6) is -1.44. The molecule has 0 bridgehead atoms. The number of nitrogen functional groups attached to an aromatic ring is 1. The van der Waals surface area contributed by atoms with Crippen LogP contribution in [0.3, 0.4) is 0 Å². The van der Waals surface area contributed by atoms with Crippen LogP contribution in [0, 0.1) is 0 Å². The monoisotopic (exact) mass is 482 g/mol. The number of nitrogens with two attached hydrogens (primary N) is 1. The minimum Gasteiger partial charge on any atom is -0.480 e. The third kappa shape index (κ3) is 5.83. The summed E-state index contributed by atoms with van der Waals surface area (Å²) in [6.45, 7) is -1.41. The van der Waals surface area contributed by atoms with E-state index in [1.54, 1.807) is 5.09 Å². The van der Waals surface area contributed by atoms with E-state index in [1.807, 2.05) is 0 Å². The number of ether oxygens (including phenoxy) is 1. The number of aliphatic carboxylic acids is 1. The molecule has 18 heteroatoms. The first-order valence-corrected chi connectivity index (χ1v) is 11.5. The molecule has 16 nitrogen and oxygen atoms in total. The Morgan fingerprint density at radius 3 is 2.90 bits per heavy atom. The number of anilines is 1. The van der Waals surface area contributed by atoms with Crippen molar-refractivity contribution in [3.8, 4) is 0 Å². The first-order chi connectivity index (χ1) is 14.6. The number of rotatable bonds is 10. The zero-order valence-electron chi connectivity index (χ0n) is 15.6. The number of carboxylic acid groups (broad SMARTS) is 1. The van der Waals surface area contributed by atoms with Crippen LogP contribution in [0.2, 0.25) is 0 Å². The fourth-order valence-electron chi connectivity index (χ4n) is 2.84. The van der Waals surface area contributed by atoms with Crippen LogP contribution < -0.4 is 10.8 Å². The fraction of sp³-hybridized carbons (Fsp3) is 0.538. The summed E-state index contributed by atoms with van der Waals surface area (Å²) in [4.78, 5) is 41.6. The maximum atomic E-state index is 12.1. The Morgan fingerprint density at radius 1 is 1.48 bits per heavy atom. The van der Waals surface area contributed by atoms with Gasteiger partial charge in [-0.3, -0.25) is 18.5 Å². The molecule has 3 unspecified atom stereocenters. The normalized spacial score (nSPS) is 25.3. The lowest BCUT2D eigenvalue weighted by molar-refractivity contribution is -0.139. The second-order valence-corrected chi connectivity index (χ2v) is 8.81. The Morgan fingerprint density at radius 2 is 2.23 bits per heavy atom. The van der Waals surface area contributed by atoms with E-state index in [4.69, 9.17) is 25.0 Å². The maximum Gasteiger partial charge on any atom is 0.403 e. The predicted molar refractivity (Wildman–Crippen MR) is 102 cm³/mol. The molecule has 1 aliphatic rings. The second-order valence-electron chi connectivity index (χ2n) is 6.43. The molecule has 0 spiro atoms. The molecule has 1 saturated heterocycles. The summed E-state index contributed by atoms with van der Waals surface area (Å²) in [6.07, 6.45) is -0.109. The highest BCUT2D eigenvalue weighted by atomic mass is 31.2. The van der Waals surface area contributed by atoms with E-state index in [0.29, 0.717) is 11.2 Å². The Kier molecular flexibility index (Phi) is 7.36. The number of aromatic nitrogens is 4. The van der Waals surface area contributed by atoms with Crippen LogP contribution >= 0.6 is 16.0 Å². The molecule has 0 radical (unpaired) electrons. The molecule has 1 fully saturated rings. The third-order valence-corrected chi connectivity index (χ3v) is 5.86. The first-order valence-electron chi connectivity index (χ1n) is 8.67. The number of imidazole rings is 1. The van der Waals surface area contributed by atoms with Crippen molar-refractivity contribution < 1.29 is 47.7 Å². The number of aliphatic hydroxyl groups is 1. The first kappa shape index (κ1) is 23.7. The van der Waals surface area contributed by atoms with Crippen molar-refractivity contribution in [1.82, 2.24) is 24.6 Å². The fourth-order valence-corrected chi connectivity index (χ4v) is 4.16. The van der Waals surface area contributed by atoms with Crippen LogP contribution in [0.5, 0.6) is 0 Å². The van der Waals surface area contributed by atoms with Gasteiger partial charge in [-0.2, -0.15) is 0 Å². The van der Waals surface area contributed by atoms with Crippen LogP contribution in [0.25, 0.3) is 11.2 Å². The van der Waals surface area contributed by atoms with E-state index in [-0.39, 0.29) is 12.2 Å². The number of fused-ring (bicyclic) bond motifs is 1. The van der Waals surface area contributed by atoms with Gasteiger partial charge in [0.25, 0.3) is 0 Å². The van der Waals surface area contributed by atoms with Gasteiger partial charge in [0, 0.05) is 6.42 Å². The van der Waals surface area contributed by atoms with E-state index in [9.17, 15) is 23.9 Å². The number of carboxylic acids is 1. The molecule has 0 saturated carbocycles. The molecular weight excluding hydrogens is 462 g/mol. The number of nitrogens with zero attached hydrogens (tertiary/aromatic N) is 4. The number of aliphatic hydroxyl groups excluding tert-OH is 1. The Hall–Kier alpha value is -2.00. The van der Waals surface area contributed by atoms with Gasteiger partial charge in [-0.05, 0) is 0 Å². The smallest absolute Gasteiger partial charge is 0.403 e. The minimum absolute atomic E-state index is 0.0862. The number of hydrogen-bond acceptors (Lipinski definition) is 11. The molecule has 6 atom stereocenters. The molecule has 3 heterocycles. The van der Waals surface area contributed by atoms with Crippen molar-refractivity contribution in [2.24, 2.45) is 0 Å². The van der Waals surface area contributed by atoms with Crippen molar-refractivity contribution in [3.63, 3.8) is 0 Å². The Labute approximate surface area is 174 Å². The lowest BCUT2D eigenvalue weighted by Crippen LogP contribution is -2.39. The van der Waals surface area contributed by atoms with Crippen LogP contribution in [0.4, 0.5) is 5.82 Å². The summed E-state index contributed by atoms with van der Waals surface area (Å²) < 4.78 is 39.0. The van der Waals surface area contributed by atoms with Gasteiger partial charge in [0.15, 0.2) is 11.5 Å². The van der Waals surface area contributed by atoms with E-state index in [0.717, 1.165) is 0 Å². The molecule has 2 aromatic heterocycles. The van der Waals surface area contributed by atoms with E-state index in [2.05, 4.69) is 19.5 Å². The average Bonchev–Trinajstić information content (AvgIpc) is 3.27. The van der Waals surface area contributed by atoms with Gasteiger partial charge in [-0.1, -0.05) is 0 Å². The highest BCUT2D eigenvalue weighted by molar-refractivity contribution is 7.50. The number of hydrogen-bond donors (Lipinski definition) is 6. The second kappa shape index (κ2) is 9.65. The zero-order valence-corrected chi connectivity index (χ0v) is 17.5. The van der Waals surface area contributed by atoms with Gasteiger partial charge in [-0.15, -0.1) is 0 Å². The summed E-state index contributed by atoms with van der Waals surface area (Å²) in [7, 11) is -8.14. The van der Waals surface area contributed by atoms with Crippen LogP contribution in [0.15, 0.2) is 12.7 Å². The summed E-state index contributed by atoms with van der Waals surface area (Å²) >= 11 is 0. The van der Waals surface area contributed by atoms with Crippen LogP contribution in [-0.2, 0) is 27.7 Å². The van der Waals surface area contributed by atoms with Gasteiger partial charge >= 0.3 is 22.0 Å². The van der Waals surface area contributed by atoms with Gasteiger partial charge < -0.3 is 35.0 Å². The standard InChI is InChI=1S/C13H20N6O10P2/c14-11-10-12(16-4-15-11)19(5-17-10)9-1-7(20)8(29-9)3-28-31(25,26)18-6(13(21)22)2-27-30(23)24/h4-9,20,30H,1-3H2,(H,21,22)(H,23,24)(H2,14,15,16)(H2,18,25,26)/t6-,7?,8+,9+/m0/s1. The highest BCUT2D eigenvalue weighted by Crippen LogP contribution is 2.40. The summed E-state index contributed by atoms with van der Waals surface area (Å²) in [6, 6.07) is -1.79. The van der Waals surface area contributed by atoms with Gasteiger partial charge in [-0.25, -0.2) is 24.6 Å². The number of carbonyl (C=O) groups is 1. The molecule has 1 aliphatic heterocycles. The minimum atomic E-state index is -4.70. The van der Waals surface area contributed by atoms with Crippen molar-refractivity contribution in [2.75, 3.05) is 18.9 Å².